The molecule has 0 bridgehead atoms. The second-order valence-corrected chi connectivity index (χ2v) is 11.0. The number of nitrogens with zero attached hydrogens (tertiary/aromatic N) is 3. The molecule has 3 aromatic rings. The van der Waals surface area contributed by atoms with Gasteiger partial charge in [0.1, 0.15) is 0 Å². The molecule has 9 heteroatoms. The van der Waals surface area contributed by atoms with Crippen LogP contribution in [0, 0.1) is 0 Å². The van der Waals surface area contributed by atoms with Crippen molar-refractivity contribution in [3.63, 3.8) is 0 Å². The summed E-state index contributed by atoms with van der Waals surface area (Å²) in [7, 11) is -3.32. The molecule has 2 aliphatic rings. The van der Waals surface area contributed by atoms with Gasteiger partial charge in [0.2, 0.25) is 5.95 Å². The second-order valence-electron chi connectivity index (χ2n) is 8.74. The van der Waals surface area contributed by atoms with Gasteiger partial charge in [0, 0.05) is 29.2 Å². The first-order valence-electron chi connectivity index (χ1n) is 11.7. The molecule has 0 atom stereocenters. The maximum absolute atomic E-state index is 12.9. The smallest absolute Gasteiger partial charge is 0.227 e. The molecule has 1 saturated heterocycles. The molecule has 0 spiro atoms. The van der Waals surface area contributed by atoms with E-state index in [-0.39, 0.29) is 5.25 Å². The molecule has 0 unspecified atom stereocenters. The fraction of sp³-hybridized carbons (Fsp3) is 0.269. The highest BCUT2D eigenvalue weighted by Crippen LogP contribution is 2.27. The number of nitrogens with one attached hydrogen (secondary N) is 2. The topological polar surface area (TPSA) is 117 Å². The maximum Gasteiger partial charge on any atom is 0.227 e. The molecule has 0 saturated carbocycles. The number of oxime groups is 1. The van der Waals surface area contributed by atoms with Crippen molar-refractivity contribution < 1.29 is 13.6 Å². The lowest BCUT2D eigenvalue weighted by atomic mass is 10.0. The molecular weight excluding hydrogens is 462 g/mol. The first-order chi connectivity index (χ1) is 17.0. The van der Waals surface area contributed by atoms with Gasteiger partial charge in [-0.05, 0) is 74.2 Å². The first kappa shape index (κ1) is 23.2. The van der Waals surface area contributed by atoms with E-state index in [0.717, 1.165) is 54.0 Å². The third-order valence-corrected chi connectivity index (χ3v) is 8.83. The highest BCUT2D eigenvalue weighted by molar-refractivity contribution is 7.92. The summed E-state index contributed by atoms with van der Waals surface area (Å²) in [4.78, 5) is 9.10. The zero-order chi connectivity index (χ0) is 24.3. The zero-order valence-corrected chi connectivity index (χ0v) is 20.0. The van der Waals surface area contributed by atoms with Gasteiger partial charge in [-0.3, -0.25) is 0 Å². The molecular formula is C26H27N5O3S. The number of fused-ring (bicyclic) bond motifs is 1. The molecule has 1 aliphatic heterocycles. The highest BCUT2D eigenvalue weighted by atomic mass is 32.2. The summed E-state index contributed by atoms with van der Waals surface area (Å²) in [6.07, 6.45) is 10.3. The van der Waals surface area contributed by atoms with E-state index in [1.54, 1.807) is 36.7 Å². The van der Waals surface area contributed by atoms with E-state index in [4.69, 9.17) is 5.21 Å². The predicted octanol–water partition coefficient (Wildman–Crippen LogP) is 4.04. The van der Waals surface area contributed by atoms with E-state index in [9.17, 15) is 8.42 Å². The first-order valence-corrected chi connectivity index (χ1v) is 13.2. The number of aromatic nitrogens is 2. The summed E-state index contributed by atoms with van der Waals surface area (Å²) in [6, 6.07) is 12.7. The van der Waals surface area contributed by atoms with Crippen molar-refractivity contribution in [3.8, 4) is 0 Å². The van der Waals surface area contributed by atoms with Crippen LogP contribution in [0.2, 0.25) is 0 Å². The predicted molar refractivity (Wildman–Crippen MR) is 137 cm³/mol. The number of hydrogen-bond acceptors (Lipinski definition) is 8. The van der Waals surface area contributed by atoms with Gasteiger partial charge in [0.15, 0.2) is 9.84 Å². The molecule has 180 valence electrons. The van der Waals surface area contributed by atoms with Gasteiger partial charge in [0.05, 0.1) is 15.9 Å². The summed E-state index contributed by atoms with van der Waals surface area (Å²) in [5, 5.41) is 18.6. The van der Waals surface area contributed by atoms with Crippen LogP contribution in [0.15, 0.2) is 64.9 Å². The average Bonchev–Trinajstić information content (AvgIpc) is 3.33. The Morgan fingerprint density at radius 2 is 1.74 bits per heavy atom. The second kappa shape index (κ2) is 9.97. The van der Waals surface area contributed by atoms with Crippen LogP contribution in [0.5, 0.6) is 0 Å². The lowest BCUT2D eigenvalue weighted by Gasteiger charge is -2.22. The Bertz CT molecular complexity index is 1360. The summed E-state index contributed by atoms with van der Waals surface area (Å²) >= 11 is 0. The van der Waals surface area contributed by atoms with Gasteiger partial charge >= 0.3 is 0 Å². The zero-order valence-electron chi connectivity index (χ0n) is 19.2. The summed E-state index contributed by atoms with van der Waals surface area (Å²) < 4.78 is 25.7. The van der Waals surface area contributed by atoms with Crippen molar-refractivity contribution in [2.45, 2.75) is 35.8 Å². The Morgan fingerprint density at radius 3 is 2.46 bits per heavy atom. The van der Waals surface area contributed by atoms with Crippen LogP contribution in [-0.2, 0) is 16.3 Å². The van der Waals surface area contributed by atoms with Crippen molar-refractivity contribution in [3.05, 3.63) is 77.1 Å². The molecule has 8 nitrogen and oxygen atoms in total. The normalized spacial score (nSPS) is 17.7. The Labute approximate surface area is 204 Å². The number of piperidine rings is 1. The van der Waals surface area contributed by atoms with Crippen molar-refractivity contribution >= 4 is 39.3 Å². The molecule has 0 amide bonds. The minimum atomic E-state index is -3.32. The third kappa shape index (κ3) is 4.96. The van der Waals surface area contributed by atoms with E-state index in [1.165, 1.54) is 5.56 Å². The van der Waals surface area contributed by atoms with Gasteiger partial charge in [-0.2, -0.15) is 0 Å². The summed E-state index contributed by atoms with van der Waals surface area (Å²) in [6.45, 7) is 1.47. The van der Waals surface area contributed by atoms with Crippen LogP contribution < -0.4 is 10.6 Å². The van der Waals surface area contributed by atoms with Crippen LogP contribution in [0.4, 0.5) is 11.6 Å². The average molecular weight is 490 g/mol. The molecule has 2 heterocycles. The Hall–Kier alpha value is -3.56. The molecule has 35 heavy (non-hydrogen) atoms. The minimum absolute atomic E-state index is 0.326. The Balaban J connectivity index is 1.24. The van der Waals surface area contributed by atoms with Gasteiger partial charge < -0.3 is 15.8 Å². The summed E-state index contributed by atoms with van der Waals surface area (Å²) in [5.41, 5.74) is 5.57. The number of hydrogen-bond donors (Lipinski definition) is 3. The Morgan fingerprint density at radius 1 is 1.00 bits per heavy atom. The van der Waals surface area contributed by atoms with Gasteiger partial charge in [-0.15, -0.1) is 0 Å². The number of anilines is 2. The number of rotatable bonds is 6. The van der Waals surface area contributed by atoms with E-state index < -0.39 is 9.84 Å². The van der Waals surface area contributed by atoms with E-state index in [1.807, 2.05) is 30.4 Å². The number of benzene rings is 2. The maximum atomic E-state index is 12.9. The molecule has 2 aromatic carbocycles. The molecule has 1 aliphatic carbocycles. The molecule has 3 N–H and O–H groups in total. The van der Waals surface area contributed by atoms with Crippen LogP contribution in [-0.4, -0.2) is 47.6 Å². The van der Waals surface area contributed by atoms with E-state index >= 15 is 0 Å². The monoisotopic (exact) mass is 489 g/mol. The SMILES string of the molecule is O=S(=O)(c1ccc(Nc2ncc(C=Cc3cccc4c3CCC4=NO)cn2)cc1)C1CCNCC1. The molecule has 1 fully saturated rings. The van der Waals surface area contributed by atoms with Gasteiger partial charge in [-0.25, -0.2) is 18.4 Å². The van der Waals surface area contributed by atoms with Crippen LogP contribution in [0.25, 0.3) is 12.2 Å². The van der Waals surface area contributed by atoms with Crippen molar-refractivity contribution in [2.75, 3.05) is 18.4 Å². The minimum Gasteiger partial charge on any atom is -0.411 e. The highest BCUT2D eigenvalue weighted by Gasteiger charge is 2.28. The van der Waals surface area contributed by atoms with Crippen molar-refractivity contribution in [1.29, 1.82) is 0 Å². The lowest BCUT2D eigenvalue weighted by molar-refractivity contribution is 0.318. The fourth-order valence-corrected chi connectivity index (χ4v) is 6.38. The lowest BCUT2D eigenvalue weighted by Crippen LogP contribution is -2.35. The Kier molecular flexibility index (Phi) is 6.61. The standard InChI is InChI=1S/C26H27N5O3S/c32-31-25-11-10-23-19(2-1-3-24(23)25)5-4-18-16-28-26(29-17-18)30-20-6-8-21(9-7-20)35(33,34)22-12-14-27-15-13-22/h1-9,16-17,22,27,32H,10-15H2,(H,28,29,30). The molecule has 5 rings (SSSR count). The van der Waals surface area contributed by atoms with Crippen LogP contribution in [0.1, 0.15) is 41.5 Å². The largest absolute Gasteiger partial charge is 0.411 e. The quantitative estimate of drug-likeness (QED) is 0.353. The van der Waals surface area contributed by atoms with Crippen molar-refractivity contribution in [1.82, 2.24) is 15.3 Å². The van der Waals surface area contributed by atoms with Gasteiger partial charge in [-0.1, -0.05) is 35.5 Å². The fourth-order valence-electron chi connectivity index (χ4n) is 4.62. The summed E-state index contributed by atoms with van der Waals surface area (Å²) in [5.74, 6) is 0.431. The molecule has 0 radical (unpaired) electrons. The van der Waals surface area contributed by atoms with E-state index in [2.05, 4.69) is 25.8 Å². The third-order valence-electron chi connectivity index (χ3n) is 6.55. The van der Waals surface area contributed by atoms with Crippen LogP contribution >= 0.6 is 0 Å². The van der Waals surface area contributed by atoms with Gasteiger partial charge in [0.25, 0.3) is 0 Å². The van der Waals surface area contributed by atoms with E-state index in [0.29, 0.717) is 23.7 Å². The van der Waals surface area contributed by atoms with Crippen LogP contribution in [0.3, 0.4) is 0 Å². The van der Waals surface area contributed by atoms with Crippen molar-refractivity contribution in [2.24, 2.45) is 5.16 Å². The molecule has 1 aromatic heterocycles. The number of sulfone groups is 1.